The lowest BCUT2D eigenvalue weighted by Gasteiger charge is -2.26. The summed E-state index contributed by atoms with van der Waals surface area (Å²) in [5.41, 5.74) is 0.378. The number of likely N-dealkylation sites (N-methyl/N-ethyl adjacent to an activating group) is 1. The summed E-state index contributed by atoms with van der Waals surface area (Å²) in [6, 6.07) is 5.32. The van der Waals surface area contributed by atoms with Crippen LogP contribution in [0.25, 0.3) is 0 Å². The molecule has 0 aliphatic heterocycles. The van der Waals surface area contributed by atoms with Crippen molar-refractivity contribution in [1.82, 2.24) is 10.3 Å². The van der Waals surface area contributed by atoms with Crippen molar-refractivity contribution in [3.8, 4) is 0 Å². The number of amides is 2. The third-order valence-corrected chi connectivity index (χ3v) is 3.92. The van der Waals surface area contributed by atoms with Gasteiger partial charge in [-0.25, -0.2) is 18.6 Å². The molecule has 1 atom stereocenters. The molecule has 0 spiro atoms. The number of anilines is 1. The molecule has 1 aromatic carbocycles. The monoisotopic (exact) mass is 439 g/mol. The summed E-state index contributed by atoms with van der Waals surface area (Å²) in [5.74, 6) is -1.66. The minimum Gasteiger partial charge on any atom is -0.444 e. The van der Waals surface area contributed by atoms with E-state index in [0.717, 1.165) is 23.8 Å². The minimum atomic E-state index is -1.11. The van der Waals surface area contributed by atoms with Crippen LogP contribution in [-0.2, 0) is 16.0 Å². The van der Waals surface area contributed by atoms with Crippen LogP contribution in [0, 0.1) is 18.6 Å². The molecule has 2 amide bonds. The first kappa shape index (κ1) is 25.4. The highest BCUT2D eigenvalue weighted by molar-refractivity contribution is 7.59. The van der Waals surface area contributed by atoms with Gasteiger partial charge in [0.2, 0.25) is 0 Å². The second-order valence-electron chi connectivity index (χ2n) is 7.77. The fourth-order valence-corrected chi connectivity index (χ4v) is 2.62. The molecule has 1 heterocycles. The quantitative estimate of drug-likeness (QED) is 0.768. The van der Waals surface area contributed by atoms with E-state index in [9.17, 15) is 18.4 Å². The molecular weight excluding hydrogens is 412 g/mol. The van der Waals surface area contributed by atoms with E-state index in [1.165, 1.54) is 11.9 Å². The summed E-state index contributed by atoms with van der Waals surface area (Å²) in [6.45, 7) is 6.93. The Hall–Kier alpha value is -2.68. The topological polar surface area (TPSA) is 71.5 Å². The standard InChI is InChI=1S/C21H25F2N3O3.H2S/c1-13-6-7-18(24-12-13)26(5)19(27)17(25-20(28)29-21(2,3)4)10-14-8-15(22)11-16(23)9-14;/h6-9,11-12,17H,10H2,1-5H3,(H,25,28);1H2/t17-;/m0./s1. The second kappa shape index (κ2) is 10.4. The highest BCUT2D eigenvalue weighted by atomic mass is 32.1. The number of aromatic nitrogens is 1. The third-order valence-electron chi connectivity index (χ3n) is 3.92. The molecular formula is C21H27F2N3O3S. The maximum absolute atomic E-state index is 13.6. The SMILES string of the molecule is Cc1ccc(N(C)C(=O)[C@H](Cc2cc(F)cc(F)c2)NC(=O)OC(C)(C)C)nc1.S. The van der Waals surface area contributed by atoms with Crippen molar-refractivity contribution in [1.29, 1.82) is 0 Å². The van der Waals surface area contributed by atoms with Crippen molar-refractivity contribution >= 4 is 31.3 Å². The molecule has 9 heteroatoms. The highest BCUT2D eigenvalue weighted by Crippen LogP contribution is 2.15. The van der Waals surface area contributed by atoms with E-state index < -0.39 is 35.3 Å². The Balaban J connectivity index is 0.00000450. The molecule has 0 aliphatic carbocycles. The maximum Gasteiger partial charge on any atom is 0.408 e. The van der Waals surface area contributed by atoms with Crippen molar-refractivity contribution in [2.45, 2.75) is 45.8 Å². The molecule has 1 aromatic heterocycles. The van der Waals surface area contributed by atoms with Crippen LogP contribution in [-0.4, -0.2) is 35.7 Å². The van der Waals surface area contributed by atoms with Crippen molar-refractivity contribution in [3.63, 3.8) is 0 Å². The number of hydrogen-bond donors (Lipinski definition) is 1. The zero-order valence-electron chi connectivity index (χ0n) is 17.6. The van der Waals surface area contributed by atoms with Crippen LogP contribution in [0.1, 0.15) is 31.9 Å². The van der Waals surface area contributed by atoms with Crippen molar-refractivity contribution < 1.29 is 23.1 Å². The third kappa shape index (κ3) is 7.62. The van der Waals surface area contributed by atoms with Crippen molar-refractivity contribution in [2.24, 2.45) is 0 Å². The molecule has 30 heavy (non-hydrogen) atoms. The van der Waals surface area contributed by atoms with E-state index >= 15 is 0 Å². The summed E-state index contributed by atoms with van der Waals surface area (Å²) in [7, 11) is 1.51. The molecule has 0 fully saturated rings. The average Bonchev–Trinajstić information content (AvgIpc) is 2.58. The number of carbonyl (C=O) groups is 2. The van der Waals surface area contributed by atoms with Crippen LogP contribution < -0.4 is 10.2 Å². The number of carbonyl (C=O) groups excluding carboxylic acids is 2. The predicted octanol–water partition coefficient (Wildman–Crippen LogP) is 3.88. The number of benzene rings is 1. The largest absolute Gasteiger partial charge is 0.444 e. The van der Waals surface area contributed by atoms with E-state index in [4.69, 9.17) is 4.74 Å². The first-order valence-corrected chi connectivity index (χ1v) is 9.09. The van der Waals surface area contributed by atoms with Crippen LogP contribution in [0.15, 0.2) is 36.5 Å². The molecule has 0 bridgehead atoms. The van der Waals surface area contributed by atoms with Crippen molar-refractivity contribution in [2.75, 3.05) is 11.9 Å². The van der Waals surface area contributed by atoms with Gasteiger partial charge in [-0.05, 0) is 57.0 Å². The zero-order chi connectivity index (χ0) is 21.8. The van der Waals surface area contributed by atoms with Gasteiger partial charge in [-0.3, -0.25) is 9.69 Å². The van der Waals surface area contributed by atoms with E-state index in [-0.39, 0.29) is 25.5 Å². The van der Waals surface area contributed by atoms with Gasteiger partial charge in [-0.1, -0.05) is 6.07 Å². The number of aryl methyl sites for hydroxylation is 1. The number of alkyl carbamates (subject to hydrolysis) is 1. The van der Waals surface area contributed by atoms with Gasteiger partial charge in [-0.15, -0.1) is 0 Å². The molecule has 1 N–H and O–H groups in total. The van der Waals surface area contributed by atoms with E-state index in [1.54, 1.807) is 39.1 Å². The molecule has 0 saturated heterocycles. The summed E-state index contributed by atoms with van der Waals surface area (Å²) >= 11 is 0. The summed E-state index contributed by atoms with van der Waals surface area (Å²) in [5, 5.41) is 2.50. The number of rotatable bonds is 5. The fourth-order valence-electron chi connectivity index (χ4n) is 2.62. The van der Waals surface area contributed by atoms with Crippen LogP contribution in [0.4, 0.5) is 19.4 Å². The van der Waals surface area contributed by atoms with E-state index in [1.807, 2.05) is 6.92 Å². The van der Waals surface area contributed by atoms with Crippen LogP contribution in [0.3, 0.4) is 0 Å². The minimum absolute atomic E-state index is 0. The van der Waals surface area contributed by atoms with Gasteiger partial charge in [0.05, 0.1) is 0 Å². The number of halogens is 2. The normalized spacial score (nSPS) is 11.8. The fraction of sp³-hybridized carbons (Fsp3) is 0.381. The number of nitrogens with one attached hydrogen (secondary N) is 1. The Morgan fingerprint density at radius 2 is 1.77 bits per heavy atom. The smallest absolute Gasteiger partial charge is 0.408 e. The van der Waals surface area contributed by atoms with Crippen LogP contribution in [0.5, 0.6) is 0 Å². The number of nitrogens with zero attached hydrogens (tertiary/aromatic N) is 2. The Bertz CT molecular complexity index is 866. The summed E-state index contributed by atoms with van der Waals surface area (Å²) in [6.07, 6.45) is 0.679. The molecule has 0 aliphatic rings. The zero-order valence-corrected chi connectivity index (χ0v) is 18.6. The van der Waals surface area contributed by atoms with Crippen molar-refractivity contribution in [3.05, 3.63) is 59.3 Å². The molecule has 0 radical (unpaired) electrons. The number of ether oxygens (including phenoxy) is 1. The molecule has 164 valence electrons. The van der Waals surface area contributed by atoms with E-state index in [0.29, 0.717) is 5.82 Å². The Morgan fingerprint density at radius 1 is 1.17 bits per heavy atom. The Kier molecular flexibility index (Phi) is 8.77. The molecule has 2 rings (SSSR count). The highest BCUT2D eigenvalue weighted by Gasteiger charge is 2.28. The average molecular weight is 440 g/mol. The van der Waals surface area contributed by atoms with Crippen LogP contribution >= 0.6 is 13.5 Å². The van der Waals surface area contributed by atoms with Gasteiger partial charge >= 0.3 is 6.09 Å². The van der Waals surface area contributed by atoms with Gasteiger partial charge in [0.25, 0.3) is 5.91 Å². The van der Waals surface area contributed by atoms with Gasteiger partial charge < -0.3 is 10.1 Å². The first-order valence-electron chi connectivity index (χ1n) is 9.09. The lowest BCUT2D eigenvalue weighted by molar-refractivity contribution is -0.120. The predicted molar refractivity (Wildman–Crippen MR) is 116 cm³/mol. The molecule has 2 aromatic rings. The molecule has 0 saturated carbocycles. The number of pyridine rings is 1. The summed E-state index contributed by atoms with van der Waals surface area (Å²) < 4.78 is 32.4. The number of hydrogen-bond acceptors (Lipinski definition) is 4. The second-order valence-corrected chi connectivity index (χ2v) is 7.77. The molecule has 6 nitrogen and oxygen atoms in total. The molecule has 0 unspecified atom stereocenters. The lowest BCUT2D eigenvalue weighted by atomic mass is 10.0. The first-order chi connectivity index (χ1) is 13.4. The maximum atomic E-state index is 13.6. The summed E-state index contributed by atoms with van der Waals surface area (Å²) in [4.78, 5) is 30.7. The van der Waals surface area contributed by atoms with E-state index in [2.05, 4.69) is 10.3 Å². The lowest BCUT2D eigenvalue weighted by Crippen LogP contribution is -2.50. The van der Waals surface area contributed by atoms with Gasteiger partial charge in [0.15, 0.2) is 0 Å². The Morgan fingerprint density at radius 3 is 2.27 bits per heavy atom. The Labute approximate surface area is 182 Å². The van der Waals surface area contributed by atoms with Gasteiger partial charge in [0, 0.05) is 25.7 Å². The van der Waals surface area contributed by atoms with Gasteiger partial charge in [-0.2, -0.15) is 13.5 Å². The van der Waals surface area contributed by atoms with Gasteiger partial charge in [0.1, 0.15) is 29.1 Å². The van der Waals surface area contributed by atoms with Crippen LogP contribution in [0.2, 0.25) is 0 Å².